The van der Waals surface area contributed by atoms with Crippen LogP contribution in [-0.2, 0) is 15.1 Å². The standard InChI is InChI=1S/C30H25ClN4O3/c1-16(2)15-21-24-25(28(38)34(27(24)37)23-14-8-5-11-19(23)31)30(33-21)18-10-4-7-13-22(18)35-26(36)17-9-3-6-12-20(17)32-29(30)35/h3-14,16,21,24-25,33H,15H2,1-2H3/t21-,24-,25+,30-/m0/s1. The van der Waals surface area contributed by atoms with Crippen LogP contribution >= 0.6 is 11.6 Å². The van der Waals surface area contributed by atoms with E-state index in [9.17, 15) is 14.4 Å². The lowest BCUT2D eigenvalue weighted by atomic mass is 9.75. The molecule has 0 radical (unpaired) electrons. The first kappa shape index (κ1) is 23.3. The van der Waals surface area contributed by atoms with Crippen molar-refractivity contribution in [3.8, 4) is 5.69 Å². The molecular weight excluding hydrogens is 500 g/mol. The molecule has 38 heavy (non-hydrogen) atoms. The molecule has 0 unspecified atom stereocenters. The molecule has 3 aromatic carbocycles. The van der Waals surface area contributed by atoms with Crippen LogP contribution in [0.2, 0.25) is 5.02 Å². The predicted octanol–water partition coefficient (Wildman–Crippen LogP) is 4.42. The van der Waals surface area contributed by atoms with Gasteiger partial charge in [0.2, 0.25) is 11.8 Å². The van der Waals surface area contributed by atoms with Crippen LogP contribution < -0.4 is 15.8 Å². The average molecular weight is 525 g/mol. The number of para-hydroxylation sites is 3. The Morgan fingerprint density at radius 3 is 2.37 bits per heavy atom. The number of carbonyl (C=O) groups excluding carboxylic acids is 2. The maximum absolute atomic E-state index is 14.4. The summed E-state index contributed by atoms with van der Waals surface area (Å²) < 4.78 is 1.62. The van der Waals surface area contributed by atoms with Crippen LogP contribution in [0.25, 0.3) is 16.6 Å². The SMILES string of the molecule is CC(C)C[C@@H]1N[C@@]2(c3ccccc3-n3c2nc2ccccc2c3=O)[C@H]2C(=O)N(c3ccccc3Cl)C(=O)[C@@H]12. The Hall–Kier alpha value is -3.81. The van der Waals surface area contributed by atoms with E-state index in [2.05, 4.69) is 19.2 Å². The van der Waals surface area contributed by atoms with E-state index in [0.717, 1.165) is 5.56 Å². The lowest BCUT2D eigenvalue weighted by Crippen LogP contribution is -2.50. The van der Waals surface area contributed by atoms with Crippen molar-refractivity contribution in [2.45, 2.75) is 31.8 Å². The number of amides is 2. The maximum Gasteiger partial charge on any atom is 0.266 e. The fraction of sp³-hybridized carbons (Fsp3) is 0.267. The van der Waals surface area contributed by atoms with Gasteiger partial charge < -0.3 is 0 Å². The second-order valence-electron chi connectivity index (χ2n) is 10.8. The quantitative estimate of drug-likeness (QED) is 0.401. The molecule has 0 saturated carbocycles. The molecule has 0 bridgehead atoms. The topological polar surface area (TPSA) is 84.3 Å². The number of nitrogens with zero attached hydrogens (tertiary/aromatic N) is 3. The van der Waals surface area contributed by atoms with Gasteiger partial charge in [-0.1, -0.05) is 67.9 Å². The molecule has 3 aliphatic rings. The van der Waals surface area contributed by atoms with Crippen molar-refractivity contribution in [2.24, 2.45) is 17.8 Å². The summed E-state index contributed by atoms with van der Waals surface area (Å²) in [6.45, 7) is 4.20. The van der Waals surface area contributed by atoms with Crippen molar-refractivity contribution in [2.75, 3.05) is 4.90 Å². The van der Waals surface area contributed by atoms with Gasteiger partial charge in [0.25, 0.3) is 5.56 Å². The van der Waals surface area contributed by atoms with Crippen LogP contribution in [-0.4, -0.2) is 27.4 Å². The Bertz CT molecular complexity index is 1730. The van der Waals surface area contributed by atoms with E-state index >= 15 is 0 Å². The predicted molar refractivity (Wildman–Crippen MR) is 145 cm³/mol. The van der Waals surface area contributed by atoms with Gasteiger partial charge in [-0.25, -0.2) is 9.88 Å². The largest absolute Gasteiger partial charge is 0.297 e. The molecule has 1 spiro atoms. The minimum absolute atomic E-state index is 0.194. The molecule has 2 amide bonds. The van der Waals surface area contributed by atoms with E-state index in [1.807, 2.05) is 42.5 Å². The second-order valence-corrected chi connectivity index (χ2v) is 11.2. The number of hydrogen-bond acceptors (Lipinski definition) is 5. The Labute approximate surface area is 224 Å². The van der Waals surface area contributed by atoms with Crippen molar-refractivity contribution in [1.82, 2.24) is 14.9 Å². The maximum atomic E-state index is 14.4. The van der Waals surface area contributed by atoms with Crippen LogP contribution in [0, 0.1) is 17.8 Å². The minimum Gasteiger partial charge on any atom is -0.297 e. The van der Waals surface area contributed by atoms with Crippen LogP contribution in [0.15, 0.2) is 77.6 Å². The molecule has 3 aliphatic heterocycles. The molecule has 4 aromatic rings. The Morgan fingerprint density at radius 2 is 1.61 bits per heavy atom. The number of anilines is 1. The summed E-state index contributed by atoms with van der Waals surface area (Å²) in [5, 5.41) is 4.57. The fourth-order valence-corrected chi connectivity index (χ4v) is 7.02. The third-order valence-electron chi connectivity index (χ3n) is 8.18. The number of carbonyl (C=O) groups is 2. The van der Waals surface area contributed by atoms with Crippen LogP contribution in [0.1, 0.15) is 31.7 Å². The highest BCUT2D eigenvalue weighted by Crippen LogP contribution is 2.56. The van der Waals surface area contributed by atoms with Crippen molar-refractivity contribution in [3.05, 3.63) is 99.6 Å². The average Bonchev–Trinajstić information content (AvgIpc) is 3.48. The summed E-state index contributed by atoms with van der Waals surface area (Å²) in [6.07, 6.45) is 0.679. The molecule has 190 valence electrons. The molecule has 2 fully saturated rings. The van der Waals surface area contributed by atoms with E-state index in [1.54, 1.807) is 34.9 Å². The first-order valence-electron chi connectivity index (χ1n) is 12.9. The Morgan fingerprint density at radius 1 is 0.921 bits per heavy atom. The van der Waals surface area contributed by atoms with Crippen LogP contribution in [0.3, 0.4) is 0 Å². The first-order valence-corrected chi connectivity index (χ1v) is 13.2. The molecule has 0 aliphatic carbocycles. The first-order chi connectivity index (χ1) is 18.3. The van der Waals surface area contributed by atoms with E-state index < -0.39 is 17.4 Å². The van der Waals surface area contributed by atoms with Gasteiger partial charge in [0, 0.05) is 11.6 Å². The molecule has 4 heterocycles. The third-order valence-corrected chi connectivity index (χ3v) is 8.50. The summed E-state index contributed by atoms with van der Waals surface area (Å²) in [6, 6.07) is 21.4. The molecule has 4 atom stereocenters. The fourth-order valence-electron chi connectivity index (χ4n) is 6.80. The van der Waals surface area contributed by atoms with E-state index in [0.29, 0.717) is 39.5 Å². The molecular formula is C30H25ClN4O3. The summed E-state index contributed by atoms with van der Waals surface area (Å²) in [5.74, 6) is -1.32. The van der Waals surface area contributed by atoms with Gasteiger partial charge in [-0.15, -0.1) is 0 Å². The number of rotatable bonds is 3. The van der Waals surface area contributed by atoms with Gasteiger partial charge in [-0.05, 0) is 42.7 Å². The Balaban J connectivity index is 1.53. The number of imide groups is 1. The summed E-state index contributed by atoms with van der Waals surface area (Å²) in [7, 11) is 0. The molecule has 7 nitrogen and oxygen atoms in total. The van der Waals surface area contributed by atoms with Gasteiger partial charge in [0.1, 0.15) is 11.4 Å². The van der Waals surface area contributed by atoms with E-state index in [-0.39, 0.29) is 29.3 Å². The summed E-state index contributed by atoms with van der Waals surface area (Å²) in [5.41, 5.74) is 1.06. The zero-order chi connectivity index (χ0) is 26.3. The van der Waals surface area contributed by atoms with Crippen molar-refractivity contribution in [3.63, 3.8) is 0 Å². The number of fused-ring (bicyclic) bond motifs is 8. The summed E-state index contributed by atoms with van der Waals surface area (Å²) in [4.78, 5) is 48.6. The number of hydrogen-bond donors (Lipinski definition) is 1. The van der Waals surface area contributed by atoms with Crippen LogP contribution in [0.4, 0.5) is 5.69 Å². The number of halogens is 1. The monoisotopic (exact) mass is 524 g/mol. The smallest absolute Gasteiger partial charge is 0.266 e. The second kappa shape index (κ2) is 8.09. The zero-order valence-electron chi connectivity index (χ0n) is 20.9. The van der Waals surface area contributed by atoms with E-state index in [1.165, 1.54) is 4.90 Å². The molecule has 2 saturated heterocycles. The van der Waals surface area contributed by atoms with Gasteiger partial charge in [0.15, 0.2) is 0 Å². The zero-order valence-corrected chi connectivity index (χ0v) is 21.6. The van der Waals surface area contributed by atoms with Crippen LogP contribution in [0.5, 0.6) is 0 Å². The van der Waals surface area contributed by atoms with Crippen molar-refractivity contribution in [1.29, 1.82) is 0 Å². The third kappa shape index (κ3) is 2.88. The normalized spacial score (nSPS) is 25.5. The molecule has 1 aromatic heterocycles. The highest BCUT2D eigenvalue weighted by Gasteiger charge is 2.69. The lowest BCUT2D eigenvalue weighted by Gasteiger charge is -2.32. The van der Waals surface area contributed by atoms with Crippen molar-refractivity contribution >= 4 is 40.0 Å². The highest BCUT2D eigenvalue weighted by atomic mass is 35.5. The number of aromatic nitrogens is 2. The van der Waals surface area contributed by atoms with Crippen molar-refractivity contribution < 1.29 is 9.59 Å². The Kier molecular flexibility index (Phi) is 4.97. The molecule has 1 N–H and O–H groups in total. The highest BCUT2D eigenvalue weighted by molar-refractivity contribution is 6.36. The van der Waals surface area contributed by atoms with Gasteiger partial charge in [0.05, 0.1) is 39.1 Å². The lowest BCUT2D eigenvalue weighted by molar-refractivity contribution is -0.123. The minimum atomic E-state index is -1.15. The molecule has 7 rings (SSSR count). The van der Waals surface area contributed by atoms with Gasteiger partial charge in [-0.2, -0.15) is 0 Å². The number of nitrogens with one attached hydrogen (secondary N) is 1. The summed E-state index contributed by atoms with van der Waals surface area (Å²) >= 11 is 6.49. The molecule has 8 heteroatoms. The van der Waals surface area contributed by atoms with Gasteiger partial charge in [-0.3, -0.25) is 24.3 Å². The van der Waals surface area contributed by atoms with Gasteiger partial charge >= 0.3 is 0 Å². The van der Waals surface area contributed by atoms with E-state index in [4.69, 9.17) is 16.6 Å². The number of benzene rings is 3.